The highest BCUT2D eigenvalue weighted by atomic mass is 32.2. The smallest absolute Gasteiger partial charge is 0.211 e. The van der Waals surface area contributed by atoms with E-state index in [-0.39, 0.29) is 11.8 Å². The molecule has 3 nitrogen and oxygen atoms in total. The van der Waals surface area contributed by atoms with E-state index in [1.165, 1.54) is 0 Å². The standard InChI is InChI=1S/C11H23NO2S/c1-4-8-15(13,14)12-11-7-6-10(5-2)9(11)3/h9-12H,4-8H2,1-3H3. The topological polar surface area (TPSA) is 46.2 Å². The summed E-state index contributed by atoms with van der Waals surface area (Å²) in [4.78, 5) is 0. The first kappa shape index (κ1) is 13.0. The number of hydrogen-bond donors (Lipinski definition) is 1. The Morgan fingerprint density at radius 2 is 1.93 bits per heavy atom. The summed E-state index contributed by atoms with van der Waals surface area (Å²) in [5.41, 5.74) is 0. The van der Waals surface area contributed by atoms with E-state index in [0.717, 1.165) is 19.3 Å². The Kier molecular flexibility index (Phi) is 4.59. The molecule has 1 N–H and O–H groups in total. The van der Waals surface area contributed by atoms with Crippen LogP contribution in [0.3, 0.4) is 0 Å². The predicted molar refractivity (Wildman–Crippen MR) is 63.2 cm³/mol. The maximum absolute atomic E-state index is 11.6. The summed E-state index contributed by atoms with van der Waals surface area (Å²) in [6.07, 6.45) is 4.01. The van der Waals surface area contributed by atoms with Gasteiger partial charge in [-0.2, -0.15) is 0 Å². The van der Waals surface area contributed by atoms with Crippen LogP contribution >= 0.6 is 0 Å². The molecule has 0 spiro atoms. The van der Waals surface area contributed by atoms with Crippen LogP contribution in [0.5, 0.6) is 0 Å². The van der Waals surface area contributed by atoms with Crippen molar-refractivity contribution in [3.8, 4) is 0 Å². The number of rotatable bonds is 5. The second-order valence-corrected chi connectivity index (χ2v) is 6.52. The molecule has 0 aliphatic heterocycles. The van der Waals surface area contributed by atoms with E-state index in [4.69, 9.17) is 0 Å². The zero-order valence-electron chi connectivity index (χ0n) is 9.99. The van der Waals surface area contributed by atoms with Gasteiger partial charge in [-0.15, -0.1) is 0 Å². The third-order valence-corrected chi connectivity index (χ3v) is 5.16. The fourth-order valence-electron chi connectivity index (χ4n) is 2.55. The molecule has 1 aliphatic rings. The number of sulfonamides is 1. The van der Waals surface area contributed by atoms with E-state index in [1.54, 1.807) is 0 Å². The largest absolute Gasteiger partial charge is 0.212 e. The lowest BCUT2D eigenvalue weighted by Crippen LogP contribution is -2.38. The van der Waals surface area contributed by atoms with Crippen LogP contribution in [0.25, 0.3) is 0 Å². The lowest BCUT2D eigenvalue weighted by atomic mass is 9.94. The molecule has 90 valence electrons. The molecule has 0 aromatic rings. The molecule has 4 heteroatoms. The van der Waals surface area contributed by atoms with Crippen molar-refractivity contribution in [2.45, 2.75) is 52.5 Å². The van der Waals surface area contributed by atoms with Crippen molar-refractivity contribution in [3.05, 3.63) is 0 Å². The van der Waals surface area contributed by atoms with Gasteiger partial charge in [0.1, 0.15) is 0 Å². The van der Waals surface area contributed by atoms with Crippen LogP contribution in [0.15, 0.2) is 0 Å². The van der Waals surface area contributed by atoms with Crippen LogP contribution in [0, 0.1) is 11.8 Å². The first-order chi connectivity index (χ1) is 7.00. The monoisotopic (exact) mass is 233 g/mol. The van der Waals surface area contributed by atoms with Crippen LogP contribution in [0.2, 0.25) is 0 Å². The van der Waals surface area contributed by atoms with E-state index in [2.05, 4.69) is 18.6 Å². The Balaban J connectivity index is 2.54. The highest BCUT2D eigenvalue weighted by Crippen LogP contribution is 2.34. The van der Waals surface area contributed by atoms with Gasteiger partial charge in [0.15, 0.2) is 0 Å². The molecule has 15 heavy (non-hydrogen) atoms. The zero-order valence-corrected chi connectivity index (χ0v) is 10.8. The van der Waals surface area contributed by atoms with E-state index in [0.29, 0.717) is 18.3 Å². The Labute approximate surface area is 93.7 Å². The highest BCUT2D eigenvalue weighted by molar-refractivity contribution is 7.89. The molecule has 1 saturated carbocycles. The fraction of sp³-hybridized carbons (Fsp3) is 1.00. The second-order valence-electron chi connectivity index (χ2n) is 4.65. The number of hydrogen-bond acceptors (Lipinski definition) is 2. The van der Waals surface area contributed by atoms with E-state index in [1.807, 2.05) is 6.92 Å². The average molecular weight is 233 g/mol. The van der Waals surface area contributed by atoms with Crippen molar-refractivity contribution >= 4 is 10.0 Å². The number of nitrogens with one attached hydrogen (secondary N) is 1. The minimum Gasteiger partial charge on any atom is -0.212 e. The fourth-order valence-corrected chi connectivity index (χ4v) is 4.00. The summed E-state index contributed by atoms with van der Waals surface area (Å²) < 4.78 is 26.1. The van der Waals surface area contributed by atoms with Gasteiger partial charge in [-0.05, 0) is 31.1 Å². The van der Waals surface area contributed by atoms with E-state index >= 15 is 0 Å². The molecular weight excluding hydrogens is 210 g/mol. The van der Waals surface area contributed by atoms with Gasteiger partial charge in [-0.3, -0.25) is 0 Å². The molecular formula is C11H23NO2S. The van der Waals surface area contributed by atoms with Gasteiger partial charge in [0.2, 0.25) is 10.0 Å². The minimum atomic E-state index is -3.03. The van der Waals surface area contributed by atoms with Crippen LogP contribution in [0.1, 0.15) is 46.5 Å². The molecule has 1 rings (SSSR count). The normalized spacial score (nSPS) is 32.1. The quantitative estimate of drug-likeness (QED) is 0.791. The maximum Gasteiger partial charge on any atom is 0.211 e. The van der Waals surface area contributed by atoms with Crippen LogP contribution in [-0.2, 0) is 10.0 Å². The molecule has 3 atom stereocenters. The van der Waals surface area contributed by atoms with Crippen molar-refractivity contribution in [3.63, 3.8) is 0 Å². The Hall–Kier alpha value is -0.0900. The van der Waals surface area contributed by atoms with Gasteiger partial charge < -0.3 is 0 Å². The van der Waals surface area contributed by atoms with Crippen LogP contribution in [-0.4, -0.2) is 20.2 Å². The Morgan fingerprint density at radius 3 is 2.40 bits per heavy atom. The van der Waals surface area contributed by atoms with Crippen molar-refractivity contribution in [1.29, 1.82) is 0 Å². The molecule has 0 heterocycles. The first-order valence-corrected chi connectivity index (χ1v) is 7.65. The highest BCUT2D eigenvalue weighted by Gasteiger charge is 2.33. The first-order valence-electron chi connectivity index (χ1n) is 6.00. The summed E-state index contributed by atoms with van der Waals surface area (Å²) in [6.45, 7) is 6.25. The van der Waals surface area contributed by atoms with Gasteiger partial charge in [0, 0.05) is 6.04 Å². The third-order valence-electron chi connectivity index (χ3n) is 3.55. The Morgan fingerprint density at radius 1 is 1.27 bits per heavy atom. The van der Waals surface area contributed by atoms with Crippen molar-refractivity contribution in [1.82, 2.24) is 4.72 Å². The Bertz CT molecular complexity index is 287. The summed E-state index contributed by atoms with van der Waals surface area (Å²) in [5.74, 6) is 1.44. The van der Waals surface area contributed by atoms with Crippen molar-refractivity contribution in [2.75, 3.05) is 5.75 Å². The van der Waals surface area contributed by atoms with Crippen molar-refractivity contribution < 1.29 is 8.42 Å². The van der Waals surface area contributed by atoms with Gasteiger partial charge >= 0.3 is 0 Å². The molecule has 0 bridgehead atoms. The summed E-state index contributed by atoms with van der Waals surface area (Å²) in [6, 6.07) is 0.173. The maximum atomic E-state index is 11.6. The molecule has 0 aromatic carbocycles. The predicted octanol–water partition coefficient (Wildman–Crippen LogP) is 2.14. The molecule has 0 aromatic heterocycles. The summed E-state index contributed by atoms with van der Waals surface area (Å²) in [7, 11) is -3.03. The molecule has 1 aliphatic carbocycles. The lowest BCUT2D eigenvalue weighted by molar-refractivity contribution is 0.368. The van der Waals surface area contributed by atoms with E-state index in [9.17, 15) is 8.42 Å². The molecule has 0 radical (unpaired) electrons. The SMILES string of the molecule is CCCS(=O)(=O)NC1CCC(CC)C1C. The lowest BCUT2D eigenvalue weighted by Gasteiger charge is -2.20. The molecule has 0 saturated heterocycles. The minimum absolute atomic E-state index is 0.173. The summed E-state index contributed by atoms with van der Waals surface area (Å²) >= 11 is 0. The van der Waals surface area contributed by atoms with Gasteiger partial charge in [-0.1, -0.05) is 27.2 Å². The zero-order chi connectivity index (χ0) is 11.5. The van der Waals surface area contributed by atoms with Crippen LogP contribution < -0.4 is 4.72 Å². The van der Waals surface area contributed by atoms with Gasteiger partial charge in [-0.25, -0.2) is 13.1 Å². The second kappa shape index (κ2) is 5.30. The molecule has 1 fully saturated rings. The van der Waals surface area contributed by atoms with Gasteiger partial charge in [0.25, 0.3) is 0 Å². The molecule has 3 unspecified atom stereocenters. The van der Waals surface area contributed by atoms with Crippen molar-refractivity contribution in [2.24, 2.45) is 11.8 Å². The third kappa shape index (κ3) is 3.45. The molecule has 0 amide bonds. The van der Waals surface area contributed by atoms with Gasteiger partial charge in [0.05, 0.1) is 5.75 Å². The van der Waals surface area contributed by atoms with Crippen LogP contribution in [0.4, 0.5) is 0 Å². The summed E-state index contributed by atoms with van der Waals surface area (Å²) in [5, 5.41) is 0. The average Bonchev–Trinajstić information content (AvgIpc) is 2.47. The van der Waals surface area contributed by atoms with E-state index < -0.39 is 10.0 Å².